The summed E-state index contributed by atoms with van der Waals surface area (Å²) in [5.74, 6) is 0.668. The topological polar surface area (TPSA) is 88.4 Å². The summed E-state index contributed by atoms with van der Waals surface area (Å²) in [6.07, 6.45) is 2.97. The van der Waals surface area contributed by atoms with Crippen molar-refractivity contribution >= 4 is 15.8 Å². The van der Waals surface area contributed by atoms with E-state index in [1.807, 2.05) is 25.2 Å². The first-order valence-corrected chi connectivity index (χ1v) is 9.41. The van der Waals surface area contributed by atoms with Gasteiger partial charge in [-0.2, -0.15) is 5.10 Å². The first-order valence-electron chi connectivity index (χ1n) is 7.52. The lowest BCUT2D eigenvalue weighted by molar-refractivity contribution is 0.601. The van der Waals surface area contributed by atoms with E-state index in [1.165, 1.54) is 6.26 Å². The first kappa shape index (κ1) is 18.0. The number of guanidine groups is 1. The number of sulfone groups is 1. The Morgan fingerprint density at radius 1 is 1.25 bits per heavy atom. The molecule has 0 aliphatic rings. The maximum atomic E-state index is 11.7. The Kier molecular flexibility index (Phi) is 5.61. The molecule has 0 radical (unpaired) electrons. The maximum Gasteiger partial charge on any atom is 0.191 e. The summed E-state index contributed by atoms with van der Waals surface area (Å²) in [7, 11) is 0.404. The largest absolute Gasteiger partial charge is 0.352 e. The molecule has 0 amide bonds. The molecule has 0 aliphatic carbocycles. The molecular formula is C16H23N5O2S. The zero-order chi connectivity index (χ0) is 17.7. The summed E-state index contributed by atoms with van der Waals surface area (Å²) in [5.41, 5.74) is 2.78. The smallest absolute Gasteiger partial charge is 0.191 e. The van der Waals surface area contributed by atoms with Crippen LogP contribution in [0.1, 0.15) is 16.8 Å². The number of hydrogen-bond acceptors (Lipinski definition) is 4. The molecule has 1 aromatic carbocycles. The van der Waals surface area contributed by atoms with Gasteiger partial charge in [0.25, 0.3) is 0 Å². The summed E-state index contributed by atoms with van der Waals surface area (Å²) in [6, 6.07) is 7.27. The predicted octanol–water partition coefficient (Wildman–Crippen LogP) is 0.997. The Balaban J connectivity index is 1.96. The molecule has 0 atom stereocenters. The molecule has 8 heteroatoms. The van der Waals surface area contributed by atoms with Crippen LogP contribution in [0, 0.1) is 6.92 Å². The van der Waals surface area contributed by atoms with Crippen molar-refractivity contribution in [2.75, 3.05) is 13.3 Å². The highest BCUT2D eigenvalue weighted by molar-refractivity contribution is 7.90. The van der Waals surface area contributed by atoms with Crippen molar-refractivity contribution in [3.05, 3.63) is 47.3 Å². The van der Waals surface area contributed by atoms with E-state index in [4.69, 9.17) is 0 Å². The summed E-state index contributed by atoms with van der Waals surface area (Å²) in [5, 5.41) is 10.5. The van der Waals surface area contributed by atoms with Gasteiger partial charge in [-0.05, 0) is 30.2 Å². The van der Waals surface area contributed by atoms with Gasteiger partial charge in [0.05, 0.1) is 17.1 Å². The fraction of sp³-hybridized carbons (Fsp3) is 0.375. The summed E-state index contributed by atoms with van der Waals surface area (Å²) >= 11 is 0. The molecule has 0 spiro atoms. The number of benzene rings is 1. The monoisotopic (exact) mass is 349 g/mol. The van der Waals surface area contributed by atoms with Crippen LogP contribution in [0.5, 0.6) is 0 Å². The summed E-state index contributed by atoms with van der Waals surface area (Å²) in [6.45, 7) is 2.97. The third-order valence-electron chi connectivity index (χ3n) is 3.68. The van der Waals surface area contributed by atoms with E-state index in [1.54, 1.807) is 30.9 Å². The minimum Gasteiger partial charge on any atom is -0.352 e. The van der Waals surface area contributed by atoms with Crippen LogP contribution in [0.4, 0.5) is 0 Å². The first-order chi connectivity index (χ1) is 11.3. The molecule has 24 heavy (non-hydrogen) atoms. The zero-order valence-electron chi connectivity index (χ0n) is 14.4. The van der Waals surface area contributed by atoms with Gasteiger partial charge in [0.1, 0.15) is 0 Å². The number of nitrogens with one attached hydrogen (secondary N) is 2. The third-order valence-corrected chi connectivity index (χ3v) is 4.94. The van der Waals surface area contributed by atoms with E-state index in [2.05, 4.69) is 20.7 Å². The minimum absolute atomic E-state index is 0.366. The van der Waals surface area contributed by atoms with E-state index < -0.39 is 9.84 Å². The lowest BCUT2D eigenvalue weighted by atomic mass is 10.1. The Bertz CT molecular complexity index is 840. The summed E-state index contributed by atoms with van der Waals surface area (Å²) in [4.78, 5) is 4.55. The zero-order valence-corrected chi connectivity index (χ0v) is 15.2. The van der Waals surface area contributed by atoms with Crippen molar-refractivity contribution in [1.29, 1.82) is 0 Å². The van der Waals surface area contributed by atoms with Crippen molar-refractivity contribution in [3.63, 3.8) is 0 Å². The Morgan fingerprint density at radius 2 is 1.96 bits per heavy atom. The number of aryl methyl sites for hydroxylation is 2. The van der Waals surface area contributed by atoms with Crippen LogP contribution < -0.4 is 10.6 Å². The average Bonchev–Trinajstić information content (AvgIpc) is 2.91. The van der Waals surface area contributed by atoms with Gasteiger partial charge in [0.2, 0.25) is 0 Å². The average molecular weight is 349 g/mol. The van der Waals surface area contributed by atoms with E-state index >= 15 is 0 Å². The quantitative estimate of drug-likeness (QED) is 0.621. The van der Waals surface area contributed by atoms with Crippen molar-refractivity contribution in [2.24, 2.45) is 12.0 Å². The summed E-state index contributed by atoms with van der Waals surface area (Å²) < 4.78 is 25.1. The molecule has 130 valence electrons. The number of hydrogen-bond donors (Lipinski definition) is 2. The van der Waals surface area contributed by atoms with Gasteiger partial charge in [0.15, 0.2) is 15.8 Å². The normalized spacial score (nSPS) is 12.2. The van der Waals surface area contributed by atoms with Crippen LogP contribution in [0.3, 0.4) is 0 Å². The van der Waals surface area contributed by atoms with Gasteiger partial charge in [0, 0.05) is 33.1 Å². The number of nitrogens with zero attached hydrogens (tertiary/aromatic N) is 3. The van der Waals surface area contributed by atoms with Gasteiger partial charge >= 0.3 is 0 Å². The van der Waals surface area contributed by atoms with Crippen LogP contribution in [-0.4, -0.2) is 37.5 Å². The van der Waals surface area contributed by atoms with E-state index in [9.17, 15) is 8.42 Å². The van der Waals surface area contributed by atoms with Crippen LogP contribution >= 0.6 is 0 Å². The second-order valence-corrected chi connectivity index (χ2v) is 7.58. The lowest BCUT2D eigenvalue weighted by Gasteiger charge is -2.13. The SMILES string of the molecule is CN=C(NCc1ccc(S(C)(=O)=O)c(C)c1)NCc1ccnn1C. The highest BCUT2D eigenvalue weighted by Gasteiger charge is 2.11. The standard InChI is InChI=1S/C16H23N5O2S/c1-12-9-13(5-6-15(12)24(4,22)23)10-18-16(17-2)19-11-14-7-8-20-21(14)3/h5-9H,10-11H2,1-4H3,(H2,17,18,19). The Morgan fingerprint density at radius 3 is 2.50 bits per heavy atom. The Hall–Kier alpha value is -2.35. The van der Waals surface area contributed by atoms with Gasteiger partial charge in [-0.15, -0.1) is 0 Å². The highest BCUT2D eigenvalue weighted by Crippen LogP contribution is 2.16. The molecule has 2 rings (SSSR count). The molecule has 1 aromatic heterocycles. The predicted molar refractivity (Wildman–Crippen MR) is 94.5 cm³/mol. The van der Waals surface area contributed by atoms with Gasteiger partial charge in [-0.1, -0.05) is 12.1 Å². The number of aliphatic imine (C=N–C) groups is 1. The molecule has 0 bridgehead atoms. The van der Waals surface area contributed by atoms with Crippen LogP contribution in [0.25, 0.3) is 0 Å². The second kappa shape index (κ2) is 7.48. The minimum atomic E-state index is -3.19. The van der Waals surface area contributed by atoms with Crippen molar-refractivity contribution < 1.29 is 8.42 Å². The molecule has 0 aliphatic heterocycles. The molecule has 0 saturated carbocycles. The molecule has 0 unspecified atom stereocenters. The molecular weight excluding hydrogens is 326 g/mol. The van der Waals surface area contributed by atoms with Crippen molar-refractivity contribution in [2.45, 2.75) is 24.9 Å². The van der Waals surface area contributed by atoms with Crippen molar-refractivity contribution in [1.82, 2.24) is 20.4 Å². The van der Waals surface area contributed by atoms with Crippen LogP contribution in [-0.2, 0) is 30.0 Å². The van der Waals surface area contributed by atoms with Crippen LogP contribution in [0.2, 0.25) is 0 Å². The highest BCUT2D eigenvalue weighted by atomic mass is 32.2. The van der Waals surface area contributed by atoms with Crippen molar-refractivity contribution in [3.8, 4) is 0 Å². The fourth-order valence-corrected chi connectivity index (χ4v) is 3.35. The molecule has 2 N–H and O–H groups in total. The number of aromatic nitrogens is 2. The molecule has 2 aromatic rings. The van der Waals surface area contributed by atoms with E-state index in [0.717, 1.165) is 16.8 Å². The van der Waals surface area contributed by atoms with E-state index in [0.29, 0.717) is 23.9 Å². The maximum absolute atomic E-state index is 11.7. The Labute approximate surface area is 142 Å². The molecule has 0 saturated heterocycles. The lowest BCUT2D eigenvalue weighted by Crippen LogP contribution is -2.36. The fourth-order valence-electron chi connectivity index (χ4n) is 2.39. The van der Waals surface area contributed by atoms with E-state index in [-0.39, 0.29) is 0 Å². The molecule has 1 heterocycles. The number of rotatable bonds is 5. The molecule has 7 nitrogen and oxygen atoms in total. The second-order valence-electron chi connectivity index (χ2n) is 5.60. The van der Waals surface area contributed by atoms with Gasteiger partial charge < -0.3 is 10.6 Å². The van der Waals surface area contributed by atoms with Gasteiger partial charge in [-0.25, -0.2) is 8.42 Å². The third kappa shape index (κ3) is 4.58. The van der Waals surface area contributed by atoms with Crippen LogP contribution in [0.15, 0.2) is 40.4 Å². The molecule has 0 fully saturated rings. The van der Waals surface area contributed by atoms with Gasteiger partial charge in [-0.3, -0.25) is 9.67 Å².